The maximum Gasteiger partial charge on any atom is 0.166 e. The molecule has 0 saturated carbocycles. The van der Waals surface area contributed by atoms with Crippen LogP contribution in [0.15, 0.2) is 0 Å². The van der Waals surface area contributed by atoms with Gasteiger partial charge in [-0.2, -0.15) is 0 Å². The van der Waals surface area contributed by atoms with E-state index < -0.39 is 0 Å². The molecule has 0 spiro atoms. The van der Waals surface area contributed by atoms with Gasteiger partial charge >= 0.3 is 0 Å². The van der Waals surface area contributed by atoms with E-state index in [2.05, 4.69) is 24.5 Å². The first-order chi connectivity index (χ1) is 8.81. The van der Waals surface area contributed by atoms with Crippen molar-refractivity contribution in [2.75, 3.05) is 13.1 Å². The molecule has 0 aromatic heterocycles. The molecule has 2 N–H and O–H groups in total. The third-order valence-corrected chi connectivity index (χ3v) is 3.42. The summed E-state index contributed by atoms with van der Waals surface area (Å²) in [5.74, 6) is 0. The topological polar surface area (TPSA) is 24.1 Å². The molecule has 0 rings (SSSR count). The molecule has 0 amide bonds. The van der Waals surface area contributed by atoms with Crippen LogP contribution in [0.3, 0.4) is 0 Å². The van der Waals surface area contributed by atoms with E-state index in [0.29, 0.717) is 0 Å². The van der Waals surface area contributed by atoms with Gasteiger partial charge in [-0.1, -0.05) is 65.2 Å². The van der Waals surface area contributed by atoms with E-state index in [0.717, 1.165) is 18.2 Å². The zero-order valence-electron chi connectivity index (χ0n) is 12.4. The van der Waals surface area contributed by atoms with Gasteiger partial charge in [-0.15, -0.1) is 0 Å². The Bertz CT molecular complexity index is 183. The Balaban J connectivity index is 3.10. The van der Waals surface area contributed by atoms with Gasteiger partial charge in [-0.3, -0.25) is 0 Å². The molecule has 0 atom stereocenters. The van der Waals surface area contributed by atoms with Crippen molar-refractivity contribution in [3.8, 4) is 0 Å². The molecule has 0 saturated heterocycles. The monoisotopic (exact) mass is 272 g/mol. The summed E-state index contributed by atoms with van der Waals surface area (Å²) >= 11 is 5.22. The van der Waals surface area contributed by atoms with E-state index in [4.69, 9.17) is 12.2 Å². The molecule has 0 aliphatic carbocycles. The van der Waals surface area contributed by atoms with Crippen LogP contribution in [0.5, 0.6) is 0 Å². The normalized spacial score (nSPS) is 10.3. The van der Waals surface area contributed by atoms with Crippen LogP contribution in [-0.4, -0.2) is 18.2 Å². The van der Waals surface area contributed by atoms with Gasteiger partial charge in [0.05, 0.1) is 0 Å². The van der Waals surface area contributed by atoms with Crippen LogP contribution >= 0.6 is 12.2 Å². The Morgan fingerprint density at radius 1 is 0.667 bits per heavy atom. The molecule has 0 fully saturated rings. The number of hydrogen-bond donors (Lipinski definition) is 2. The highest BCUT2D eigenvalue weighted by molar-refractivity contribution is 7.80. The molecule has 0 aromatic carbocycles. The molecule has 2 nitrogen and oxygen atoms in total. The van der Waals surface area contributed by atoms with E-state index >= 15 is 0 Å². The van der Waals surface area contributed by atoms with Crippen LogP contribution in [0.25, 0.3) is 0 Å². The zero-order chi connectivity index (χ0) is 13.5. The highest BCUT2D eigenvalue weighted by Crippen LogP contribution is 2.06. The SMILES string of the molecule is CCCCCCCCCNC(=S)NCCCCC. The summed E-state index contributed by atoms with van der Waals surface area (Å²) < 4.78 is 0. The summed E-state index contributed by atoms with van der Waals surface area (Å²) in [6.07, 6.45) is 13.2. The first kappa shape index (κ1) is 17.7. The van der Waals surface area contributed by atoms with Gasteiger partial charge in [-0.05, 0) is 25.1 Å². The van der Waals surface area contributed by atoms with Gasteiger partial charge in [0.1, 0.15) is 0 Å². The van der Waals surface area contributed by atoms with Gasteiger partial charge < -0.3 is 10.6 Å². The van der Waals surface area contributed by atoms with Crippen molar-refractivity contribution in [1.29, 1.82) is 0 Å². The average molecular weight is 273 g/mol. The molecule has 0 aliphatic rings. The molecular weight excluding hydrogens is 240 g/mol. The third-order valence-electron chi connectivity index (χ3n) is 3.13. The van der Waals surface area contributed by atoms with Crippen LogP contribution in [0, 0.1) is 0 Å². The smallest absolute Gasteiger partial charge is 0.166 e. The molecule has 0 aliphatic heterocycles. The minimum atomic E-state index is 0.831. The van der Waals surface area contributed by atoms with E-state index in [1.54, 1.807) is 0 Å². The van der Waals surface area contributed by atoms with Gasteiger partial charge in [0.2, 0.25) is 0 Å². The lowest BCUT2D eigenvalue weighted by Crippen LogP contribution is -2.36. The lowest BCUT2D eigenvalue weighted by atomic mass is 10.1. The minimum Gasteiger partial charge on any atom is -0.363 e. The van der Waals surface area contributed by atoms with E-state index in [9.17, 15) is 0 Å². The van der Waals surface area contributed by atoms with Crippen molar-refractivity contribution >= 4 is 17.3 Å². The maximum atomic E-state index is 5.22. The number of unbranched alkanes of at least 4 members (excludes halogenated alkanes) is 8. The largest absolute Gasteiger partial charge is 0.363 e. The van der Waals surface area contributed by atoms with Crippen LogP contribution in [0.1, 0.15) is 78.1 Å². The molecule has 18 heavy (non-hydrogen) atoms. The standard InChI is InChI=1S/C15H32N2S/c1-3-5-7-8-9-10-12-14-17-15(18)16-13-11-6-4-2/h3-14H2,1-2H3,(H2,16,17,18). The summed E-state index contributed by atoms with van der Waals surface area (Å²) in [7, 11) is 0. The van der Waals surface area contributed by atoms with Crippen LogP contribution in [0.4, 0.5) is 0 Å². The highest BCUT2D eigenvalue weighted by atomic mass is 32.1. The Morgan fingerprint density at radius 3 is 1.61 bits per heavy atom. The Morgan fingerprint density at radius 2 is 1.06 bits per heavy atom. The van der Waals surface area contributed by atoms with Crippen molar-refractivity contribution in [1.82, 2.24) is 10.6 Å². The van der Waals surface area contributed by atoms with E-state index in [1.165, 1.54) is 64.2 Å². The van der Waals surface area contributed by atoms with Crippen molar-refractivity contribution in [2.45, 2.75) is 78.1 Å². The third kappa shape index (κ3) is 13.8. The average Bonchev–Trinajstić information content (AvgIpc) is 2.38. The Kier molecular flexibility index (Phi) is 14.5. The second kappa shape index (κ2) is 14.7. The fourth-order valence-corrected chi connectivity index (χ4v) is 2.13. The van der Waals surface area contributed by atoms with Gasteiger partial charge in [-0.25, -0.2) is 0 Å². The van der Waals surface area contributed by atoms with E-state index in [1.807, 2.05) is 0 Å². The van der Waals surface area contributed by atoms with E-state index in [-0.39, 0.29) is 0 Å². The van der Waals surface area contributed by atoms with Gasteiger partial charge in [0, 0.05) is 13.1 Å². The Labute approximate surface area is 119 Å². The summed E-state index contributed by atoms with van der Waals surface area (Å²) in [6, 6.07) is 0. The highest BCUT2D eigenvalue weighted by Gasteiger charge is 1.95. The molecule has 0 unspecified atom stereocenters. The number of hydrogen-bond acceptors (Lipinski definition) is 1. The van der Waals surface area contributed by atoms with Crippen LogP contribution in [0.2, 0.25) is 0 Å². The molecule has 0 radical (unpaired) electrons. The number of thiocarbonyl (C=S) groups is 1. The molecule has 108 valence electrons. The van der Waals surface area contributed by atoms with Crippen molar-refractivity contribution in [3.63, 3.8) is 0 Å². The first-order valence-electron chi connectivity index (χ1n) is 7.83. The molecular formula is C15H32N2S. The summed E-state index contributed by atoms with van der Waals surface area (Å²) in [4.78, 5) is 0. The van der Waals surface area contributed by atoms with Crippen LogP contribution in [-0.2, 0) is 0 Å². The second-order valence-electron chi connectivity index (χ2n) is 5.01. The molecule has 0 heterocycles. The fourth-order valence-electron chi connectivity index (χ4n) is 1.92. The second-order valence-corrected chi connectivity index (χ2v) is 5.42. The minimum absolute atomic E-state index is 0.831. The van der Waals surface area contributed by atoms with Gasteiger partial charge in [0.25, 0.3) is 0 Å². The maximum absolute atomic E-state index is 5.22. The predicted octanol–water partition coefficient (Wildman–Crippen LogP) is 4.39. The zero-order valence-corrected chi connectivity index (χ0v) is 13.2. The lowest BCUT2D eigenvalue weighted by Gasteiger charge is -2.10. The van der Waals surface area contributed by atoms with Gasteiger partial charge in [0.15, 0.2) is 5.11 Å². The number of nitrogens with one attached hydrogen (secondary N) is 2. The number of rotatable bonds is 12. The lowest BCUT2D eigenvalue weighted by molar-refractivity contribution is 0.584. The van der Waals surface area contributed by atoms with Crippen molar-refractivity contribution in [3.05, 3.63) is 0 Å². The predicted molar refractivity (Wildman–Crippen MR) is 86.1 cm³/mol. The molecule has 3 heteroatoms. The fraction of sp³-hybridized carbons (Fsp3) is 0.933. The van der Waals surface area contributed by atoms with Crippen molar-refractivity contribution in [2.24, 2.45) is 0 Å². The first-order valence-corrected chi connectivity index (χ1v) is 8.23. The van der Waals surface area contributed by atoms with Crippen LogP contribution < -0.4 is 10.6 Å². The summed E-state index contributed by atoms with van der Waals surface area (Å²) in [6.45, 7) is 6.51. The molecule has 0 aromatic rings. The van der Waals surface area contributed by atoms with Crippen molar-refractivity contribution < 1.29 is 0 Å². The molecule has 0 bridgehead atoms. The summed E-state index contributed by atoms with van der Waals surface area (Å²) in [5, 5.41) is 7.37. The quantitative estimate of drug-likeness (QED) is 0.407. The summed E-state index contributed by atoms with van der Waals surface area (Å²) in [5.41, 5.74) is 0. The Hall–Kier alpha value is -0.310.